The van der Waals surface area contributed by atoms with Gasteiger partial charge in [-0.25, -0.2) is 4.79 Å². The third-order valence-electron chi connectivity index (χ3n) is 4.63. The van der Waals surface area contributed by atoms with Gasteiger partial charge in [0.2, 0.25) is 5.82 Å². The number of ether oxygens (including phenoxy) is 3. The van der Waals surface area contributed by atoms with Gasteiger partial charge in [-0.1, -0.05) is 42.5 Å². The molecule has 0 aliphatic heterocycles. The maximum absolute atomic E-state index is 12.3. The van der Waals surface area contributed by atoms with Crippen molar-refractivity contribution < 1.29 is 19.0 Å². The van der Waals surface area contributed by atoms with Crippen LogP contribution in [0.3, 0.4) is 0 Å². The summed E-state index contributed by atoms with van der Waals surface area (Å²) in [6.45, 7) is 0.0441. The number of benzene rings is 3. The summed E-state index contributed by atoms with van der Waals surface area (Å²) < 4.78 is 15.9. The third-order valence-corrected chi connectivity index (χ3v) is 4.63. The van der Waals surface area contributed by atoms with Crippen molar-refractivity contribution in [3.05, 3.63) is 66.2 Å². The van der Waals surface area contributed by atoms with E-state index in [2.05, 4.69) is 15.4 Å². The molecule has 0 fully saturated rings. The average molecular weight is 404 g/mol. The van der Waals surface area contributed by atoms with E-state index in [1.54, 1.807) is 32.4 Å². The van der Waals surface area contributed by atoms with E-state index in [9.17, 15) is 4.79 Å². The Bertz CT molecular complexity index is 1180. The van der Waals surface area contributed by atoms with Crippen LogP contribution in [-0.2, 0) is 22.7 Å². The monoisotopic (exact) mass is 404 g/mol. The molecule has 0 radical (unpaired) electrons. The second kappa shape index (κ2) is 8.60. The zero-order chi connectivity index (χ0) is 20.9. The van der Waals surface area contributed by atoms with E-state index in [0.29, 0.717) is 22.9 Å². The SMILES string of the molecule is COc1ccc(-c2nnn(CC(=O)OCc3cccc4ccccc34)n2)cc1OC. The lowest BCUT2D eigenvalue weighted by Crippen LogP contribution is -2.15. The van der Waals surface area contributed by atoms with E-state index in [1.165, 1.54) is 4.80 Å². The number of carbonyl (C=O) groups excluding carboxylic acids is 1. The van der Waals surface area contributed by atoms with Gasteiger partial charge in [-0.2, -0.15) is 4.80 Å². The van der Waals surface area contributed by atoms with Gasteiger partial charge in [-0.05, 0) is 39.7 Å². The van der Waals surface area contributed by atoms with Crippen LogP contribution in [0.25, 0.3) is 22.2 Å². The Labute approximate surface area is 173 Å². The van der Waals surface area contributed by atoms with E-state index in [-0.39, 0.29) is 13.2 Å². The minimum Gasteiger partial charge on any atom is -0.493 e. The molecule has 4 aromatic rings. The largest absolute Gasteiger partial charge is 0.493 e. The second-order valence-electron chi connectivity index (χ2n) is 6.51. The lowest BCUT2D eigenvalue weighted by atomic mass is 10.1. The highest BCUT2D eigenvalue weighted by atomic mass is 16.5. The van der Waals surface area contributed by atoms with E-state index >= 15 is 0 Å². The van der Waals surface area contributed by atoms with Gasteiger partial charge in [0.05, 0.1) is 14.2 Å². The smallest absolute Gasteiger partial charge is 0.330 e. The lowest BCUT2D eigenvalue weighted by Gasteiger charge is -2.08. The molecule has 0 amide bonds. The number of hydrogen-bond acceptors (Lipinski definition) is 7. The first kappa shape index (κ1) is 19.4. The van der Waals surface area contributed by atoms with Gasteiger partial charge in [0.25, 0.3) is 0 Å². The highest BCUT2D eigenvalue weighted by Gasteiger charge is 2.13. The predicted octanol–water partition coefficient (Wildman–Crippen LogP) is 3.25. The zero-order valence-corrected chi connectivity index (χ0v) is 16.6. The van der Waals surface area contributed by atoms with Crippen molar-refractivity contribution in [1.82, 2.24) is 20.2 Å². The first-order valence-electron chi connectivity index (χ1n) is 9.30. The molecule has 3 aromatic carbocycles. The number of aromatic nitrogens is 4. The molecular weight excluding hydrogens is 384 g/mol. The number of rotatable bonds is 7. The molecule has 0 atom stereocenters. The maximum Gasteiger partial charge on any atom is 0.330 e. The van der Waals surface area contributed by atoms with Crippen molar-refractivity contribution in [2.24, 2.45) is 0 Å². The Hall–Kier alpha value is -3.94. The number of tetrazole rings is 1. The van der Waals surface area contributed by atoms with Gasteiger partial charge in [0.15, 0.2) is 18.0 Å². The molecule has 0 saturated carbocycles. The molecule has 30 heavy (non-hydrogen) atoms. The highest BCUT2D eigenvalue weighted by Crippen LogP contribution is 2.30. The van der Waals surface area contributed by atoms with Crippen LogP contribution in [0.1, 0.15) is 5.56 Å². The number of carbonyl (C=O) groups is 1. The fourth-order valence-corrected chi connectivity index (χ4v) is 3.14. The Morgan fingerprint density at radius 3 is 2.60 bits per heavy atom. The Kier molecular flexibility index (Phi) is 5.56. The van der Waals surface area contributed by atoms with Crippen molar-refractivity contribution in [1.29, 1.82) is 0 Å². The molecule has 1 heterocycles. The minimum absolute atomic E-state index is 0.134. The van der Waals surface area contributed by atoms with Gasteiger partial charge >= 0.3 is 5.97 Å². The van der Waals surface area contributed by atoms with Crippen LogP contribution in [0.5, 0.6) is 11.5 Å². The highest BCUT2D eigenvalue weighted by molar-refractivity contribution is 5.85. The summed E-state index contributed by atoms with van der Waals surface area (Å²) in [4.78, 5) is 13.5. The van der Waals surface area contributed by atoms with Crippen LogP contribution in [0.2, 0.25) is 0 Å². The normalized spacial score (nSPS) is 10.7. The zero-order valence-electron chi connectivity index (χ0n) is 16.6. The van der Waals surface area contributed by atoms with Gasteiger partial charge in [-0.15, -0.1) is 10.2 Å². The van der Waals surface area contributed by atoms with E-state index in [0.717, 1.165) is 16.3 Å². The predicted molar refractivity (Wildman–Crippen MR) is 110 cm³/mol. The van der Waals surface area contributed by atoms with Crippen LogP contribution in [0.4, 0.5) is 0 Å². The summed E-state index contributed by atoms with van der Waals surface area (Å²) in [7, 11) is 3.12. The van der Waals surface area contributed by atoms with Crippen LogP contribution < -0.4 is 9.47 Å². The topological polar surface area (TPSA) is 88.4 Å². The molecule has 0 unspecified atom stereocenters. The van der Waals surface area contributed by atoms with Crippen molar-refractivity contribution in [2.75, 3.05) is 14.2 Å². The summed E-state index contributed by atoms with van der Waals surface area (Å²) in [5, 5.41) is 14.4. The molecule has 0 saturated heterocycles. The van der Waals surface area contributed by atoms with Gasteiger partial charge < -0.3 is 14.2 Å². The summed E-state index contributed by atoms with van der Waals surface area (Å²) >= 11 is 0. The standard InChI is InChI=1S/C22H20N4O4/c1-28-19-11-10-16(12-20(19)29-2)22-23-25-26(24-22)13-21(27)30-14-17-8-5-7-15-6-3-4-9-18(15)17/h3-12H,13-14H2,1-2H3. The Morgan fingerprint density at radius 1 is 0.967 bits per heavy atom. The minimum atomic E-state index is -0.445. The van der Waals surface area contributed by atoms with Gasteiger partial charge in [-0.3, -0.25) is 0 Å². The number of nitrogens with zero attached hydrogens (tertiary/aromatic N) is 4. The molecule has 8 heteroatoms. The van der Waals surface area contributed by atoms with Crippen LogP contribution >= 0.6 is 0 Å². The molecule has 4 rings (SSSR count). The molecule has 0 spiro atoms. The van der Waals surface area contributed by atoms with Crippen LogP contribution in [0.15, 0.2) is 60.7 Å². The summed E-state index contributed by atoms with van der Waals surface area (Å²) in [6, 6.07) is 19.2. The molecule has 0 aliphatic carbocycles. The van der Waals surface area contributed by atoms with Crippen molar-refractivity contribution in [3.8, 4) is 22.9 Å². The summed E-state index contributed by atoms with van der Waals surface area (Å²) in [5.74, 6) is 1.09. The molecule has 0 bridgehead atoms. The Morgan fingerprint density at radius 2 is 1.77 bits per heavy atom. The molecule has 0 N–H and O–H groups in total. The van der Waals surface area contributed by atoms with Crippen molar-refractivity contribution in [3.63, 3.8) is 0 Å². The second-order valence-corrected chi connectivity index (χ2v) is 6.51. The van der Waals surface area contributed by atoms with Crippen LogP contribution in [0, 0.1) is 0 Å². The average Bonchev–Trinajstić information content (AvgIpc) is 3.25. The Balaban J connectivity index is 1.42. The first-order valence-corrected chi connectivity index (χ1v) is 9.30. The van der Waals surface area contributed by atoms with Crippen molar-refractivity contribution >= 4 is 16.7 Å². The van der Waals surface area contributed by atoms with Crippen LogP contribution in [-0.4, -0.2) is 40.4 Å². The van der Waals surface area contributed by atoms with E-state index in [1.807, 2.05) is 42.5 Å². The van der Waals surface area contributed by atoms with Crippen molar-refractivity contribution in [2.45, 2.75) is 13.2 Å². The molecule has 1 aromatic heterocycles. The van der Waals surface area contributed by atoms with E-state index in [4.69, 9.17) is 14.2 Å². The molecule has 0 aliphatic rings. The fraction of sp³-hybridized carbons (Fsp3) is 0.182. The molecular formula is C22H20N4O4. The fourth-order valence-electron chi connectivity index (χ4n) is 3.14. The number of esters is 1. The summed E-state index contributed by atoms with van der Waals surface area (Å²) in [6.07, 6.45) is 0. The number of fused-ring (bicyclic) bond motifs is 1. The first-order chi connectivity index (χ1) is 14.7. The molecule has 8 nitrogen and oxygen atoms in total. The lowest BCUT2D eigenvalue weighted by molar-refractivity contribution is -0.146. The molecule has 152 valence electrons. The van der Waals surface area contributed by atoms with Gasteiger partial charge in [0.1, 0.15) is 6.61 Å². The number of methoxy groups -OCH3 is 2. The van der Waals surface area contributed by atoms with Gasteiger partial charge in [0, 0.05) is 5.56 Å². The number of hydrogen-bond donors (Lipinski definition) is 0. The third kappa shape index (κ3) is 4.07. The maximum atomic E-state index is 12.3. The summed E-state index contributed by atoms with van der Waals surface area (Å²) in [5.41, 5.74) is 1.64. The van der Waals surface area contributed by atoms with E-state index < -0.39 is 5.97 Å². The quantitative estimate of drug-likeness (QED) is 0.437.